The molecule has 0 radical (unpaired) electrons. The molecular formula is C31H36FNO8. The maximum atomic E-state index is 13.8. The number of Topliss-reactive ketones (excluding diaryl/α,β-unsaturated/α-hetero) is 2. The molecule has 9 nitrogen and oxygen atoms in total. The first-order valence-electron chi connectivity index (χ1n) is 13.1. The molecule has 0 amide bonds. The molecule has 41 heavy (non-hydrogen) atoms. The van der Waals surface area contributed by atoms with E-state index in [1.807, 2.05) is 13.8 Å². The van der Waals surface area contributed by atoms with Crippen molar-refractivity contribution in [1.29, 1.82) is 0 Å². The Morgan fingerprint density at radius 2 is 1.32 bits per heavy atom. The highest BCUT2D eigenvalue weighted by atomic mass is 19.1. The van der Waals surface area contributed by atoms with Crippen molar-refractivity contribution in [3.05, 3.63) is 64.7 Å². The molecule has 0 aliphatic rings. The molecule has 1 aromatic carbocycles. The smallest absolute Gasteiger partial charge is 0.313 e. The third kappa shape index (κ3) is 10.1. The van der Waals surface area contributed by atoms with Crippen LogP contribution in [0.5, 0.6) is 0 Å². The van der Waals surface area contributed by atoms with Crippen molar-refractivity contribution >= 4 is 35.7 Å². The topological polar surface area (TPSA) is 140 Å². The lowest BCUT2D eigenvalue weighted by molar-refractivity contribution is -0.145. The number of hydrogen-bond acceptors (Lipinski definition) is 9. The fourth-order valence-electron chi connectivity index (χ4n) is 4.12. The number of methoxy groups -OCH3 is 2. The van der Waals surface area contributed by atoms with Crippen molar-refractivity contribution in [3.8, 4) is 11.1 Å². The fourth-order valence-corrected chi connectivity index (χ4v) is 4.12. The molecule has 0 saturated carbocycles. The molecule has 2 N–H and O–H groups in total. The summed E-state index contributed by atoms with van der Waals surface area (Å²) in [5, 5.41) is 21.0. The normalized spacial score (nSPS) is 13.0. The van der Waals surface area contributed by atoms with Crippen LogP contribution in [0.2, 0.25) is 0 Å². The Labute approximate surface area is 238 Å². The highest BCUT2D eigenvalue weighted by Crippen LogP contribution is 2.36. The number of aliphatic hydroxyl groups is 2. The number of rotatable bonds is 14. The summed E-state index contributed by atoms with van der Waals surface area (Å²) >= 11 is 0. The van der Waals surface area contributed by atoms with E-state index in [1.165, 1.54) is 38.5 Å². The number of carbonyl (C=O) groups excluding carboxylic acids is 4. The van der Waals surface area contributed by atoms with Gasteiger partial charge in [-0.2, -0.15) is 0 Å². The predicted molar refractivity (Wildman–Crippen MR) is 151 cm³/mol. The summed E-state index contributed by atoms with van der Waals surface area (Å²) in [5.41, 5.74) is 3.73. The highest BCUT2D eigenvalue weighted by Gasteiger charge is 2.20. The van der Waals surface area contributed by atoms with Crippen LogP contribution in [0.25, 0.3) is 23.3 Å². The molecule has 10 heteroatoms. The molecule has 1 heterocycles. The molecule has 2 rings (SSSR count). The SMILES string of the molecule is COC(=O)CC(=O)CC(O)/C=C/c1c(C)nc(C(C)C)c(/C=C/C(O)CC(=O)CC(=O)OC)c1-c1ccc(F)cc1. The van der Waals surface area contributed by atoms with E-state index in [0.717, 1.165) is 0 Å². The maximum absolute atomic E-state index is 13.8. The molecule has 0 bridgehead atoms. The van der Waals surface area contributed by atoms with E-state index < -0.39 is 54.4 Å². The van der Waals surface area contributed by atoms with Crippen molar-refractivity contribution in [2.24, 2.45) is 0 Å². The van der Waals surface area contributed by atoms with E-state index in [9.17, 15) is 33.8 Å². The number of esters is 2. The van der Waals surface area contributed by atoms with Crippen LogP contribution >= 0.6 is 0 Å². The Bertz CT molecular complexity index is 1310. The van der Waals surface area contributed by atoms with Crippen LogP contribution in [0.1, 0.15) is 68.0 Å². The zero-order chi connectivity index (χ0) is 30.7. The second kappa shape index (κ2) is 15.7. The molecule has 2 unspecified atom stereocenters. The van der Waals surface area contributed by atoms with Crippen LogP contribution < -0.4 is 0 Å². The molecule has 0 saturated heterocycles. The first kappa shape index (κ1) is 33.2. The second-order valence-electron chi connectivity index (χ2n) is 9.79. The van der Waals surface area contributed by atoms with Gasteiger partial charge in [-0.15, -0.1) is 0 Å². The van der Waals surface area contributed by atoms with Crippen molar-refractivity contribution in [3.63, 3.8) is 0 Å². The van der Waals surface area contributed by atoms with E-state index in [0.29, 0.717) is 33.6 Å². The Kier molecular flexibility index (Phi) is 12.7. The Morgan fingerprint density at radius 1 is 0.854 bits per heavy atom. The standard InChI is InChI=1S/C31H36FNO8/c1-18(2)31-27(13-11-23(35)15-25(37)17-29(39)41-5)30(20-6-8-21(32)9-7-20)26(19(3)33-31)12-10-22(34)14-24(36)16-28(38)40-4/h6-13,18,22-23,34-35H,14-17H2,1-5H3/b12-10+,13-11+. The average Bonchev–Trinajstić information content (AvgIpc) is 2.91. The van der Waals surface area contributed by atoms with Crippen LogP contribution in [0.3, 0.4) is 0 Å². The zero-order valence-electron chi connectivity index (χ0n) is 23.8. The fraction of sp³-hybridized carbons (Fsp3) is 0.387. The monoisotopic (exact) mass is 569 g/mol. The number of aromatic nitrogens is 1. The van der Waals surface area contributed by atoms with Gasteiger partial charge in [0.15, 0.2) is 0 Å². The Hall–Kier alpha value is -4.02. The number of ketones is 2. The van der Waals surface area contributed by atoms with Gasteiger partial charge in [0.1, 0.15) is 30.2 Å². The number of pyridine rings is 1. The van der Waals surface area contributed by atoms with E-state index in [1.54, 1.807) is 31.2 Å². The summed E-state index contributed by atoms with van der Waals surface area (Å²) in [6.07, 6.45) is 2.17. The van der Waals surface area contributed by atoms with Crippen LogP contribution in [-0.4, -0.2) is 65.1 Å². The van der Waals surface area contributed by atoms with Crippen LogP contribution in [0.15, 0.2) is 36.4 Å². The van der Waals surface area contributed by atoms with E-state index in [-0.39, 0.29) is 18.8 Å². The van der Waals surface area contributed by atoms with Gasteiger partial charge in [0.25, 0.3) is 0 Å². The number of halogens is 1. The minimum Gasteiger partial charge on any atom is -0.469 e. The van der Waals surface area contributed by atoms with Gasteiger partial charge in [-0.05, 0) is 36.1 Å². The quantitative estimate of drug-likeness (QED) is 0.254. The minimum absolute atomic E-state index is 0.0646. The van der Waals surface area contributed by atoms with Crippen molar-refractivity contribution in [2.45, 2.75) is 64.6 Å². The summed E-state index contributed by atoms with van der Waals surface area (Å²) in [6, 6.07) is 5.80. The number of ether oxygens (including phenoxy) is 2. The first-order chi connectivity index (χ1) is 19.4. The molecule has 0 aliphatic heterocycles. The number of carbonyl (C=O) groups is 4. The van der Waals surface area contributed by atoms with Gasteiger partial charge >= 0.3 is 11.9 Å². The molecule has 220 valence electrons. The number of benzene rings is 1. The van der Waals surface area contributed by atoms with Gasteiger partial charge in [-0.25, -0.2) is 4.39 Å². The van der Waals surface area contributed by atoms with Gasteiger partial charge < -0.3 is 19.7 Å². The average molecular weight is 570 g/mol. The molecule has 2 aromatic rings. The van der Waals surface area contributed by atoms with Crippen molar-refractivity contribution < 1.29 is 43.3 Å². The van der Waals surface area contributed by atoms with Gasteiger partial charge in [-0.3, -0.25) is 24.2 Å². The molecule has 0 aliphatic carbocycles. The molecule has 2 atom stereocenters. The number of aliphatic hydroxyl groups excluding tert-OH is 2. The summed E-state index contributed by atoms with van der Waals surface area (Å²) in [6.45, 7) is 5.66. The molecule has 0 fully saturated rings. The first-order valence-corrected chi connectivity index (χ1v) is 13.1. The zero-order valence-corrected chi connectivity index (χ0v) is 23.8. The predicted octanol–water partition coefficient (Wildman–Crippen LogP) is 4.11. The third-order valence-electron chi connectivity index (χ3n) is 6.15. The van der Waals surface area contributed by atoms with Gasteiger partial charge in [0, 0.05) is 29.7 Å². The largest absolute Gasteiger partial charge is 0.469 e. The third-order valence-corrected chi connectivity index (χ3v) is 6.15. The molecule has 1 aromatic heterocycles. The summed E-state index contributed by atoms with van der Waals surface area (Å²) in [7, 11) is 2.34. The number of aryl methyl sites for hydroxylation is 1. The van der Waals surface area contributed by atoms with Gasteiger partial charge in [0.2, 0.25) is 0 Å². The van der Waals surface area contributed by atoms with Crippen molar-refractivity contribution in [2.75, 3.05) is 14.2 Å². The number of nitrogens with zero attached hydrogens (tertiary/aromatic N) is 1. The summed E-state index contributed by atoms with van der Waals surface area (Å²) < 4.78 is 22.8. The van der Waals surface area contributed by atoms with Gasteiger partial charge in [-0.1, -0.05) is 50.3 Å². The van der Waals surface area contributed by atoms with E-state index in [2.05, 4.69) is 9.47 Å². The van der Waals surface area contributed by atoms with Crippen LogP contribution in [0, 0.1) is 12.7 Å². The van der Waals surface area contributed by atoms with Crippen LogP contribution in [-0.2, 0) is 28.7 Å². The lowest BCUT2D eigenvalue weighted by Gasteiger charge is -2.20. The summed E-state index contributed by atoms with van der Waals surface area (Å²) in [4.78, 5) is 51.7. The summed E-state index contributed by atoms with van der Waals surface area (Å²) in [5.74, 6) is -2.86. The van der Waals surface area contributed by atoms with Crippen LogP contribution in [0.4, 0.5) is 4.39 Å². The van der Waals surface area contributed by atoms with Crippen molar-refractivity contribution in [1.82, 2.24) is 4.98 Å². The minimum atomic E-state index is -1.20. The maximum Gasteiger partial charge on any atom is 0.313 e. The second-order valence-corrected chi connectivity index (χ2v) is 9.79. The van der Waals surface area contributed by atoms with Gasteiger partial charge in [0.05, 0.1) is 32.1 Å². The lowest BCUT2D eigenvalue weighted by Crippen LogP contribution is -2.15. The Balaban J connectivity index is 2.57. The lowest BCUT2D eigenvalue weighted by atomic mass is 9.88. The highest BCUT2D eigenvalue weighted by molar-refractivity contribution is 5.96. The van der Waals surface area contributed by atoms with E-state index >= 15 is 0 Å². The number of hydrogen-bond donors (Lipinski definition) is 2. The molecular weight excluding hydrogens is 533 g/mol. The van der Waals surface area contributed by atoms with E-state index in [4.69, 9.17) is 4.98 Å². The Morgan fingerprint density at radius 3 is 1.76 bits per heavy atom. The molecule has 0 spiro atoms.